The molecular weight excluding hydrogens is 332 g/mol. The van der Waals surface area contributed by atoms with Crippen LogP contribution in [0.4, 0.5) is 0 Å². The number of aromatic nitrogens is 1. The van der Waals surface area contributed by atoms with Gasteiger partial charge in [-0.25, -0.2) is 4.98 Å². The summed E-state index contributed by atoms with van der Waals surface area (Å²) in [5.41, 5.74) is 0.536. The highest BCUT2D eigenvalue weighted by Gasteiger charge is 2.26. The number of fused-ring (bicyclic) bond motifs is 1. The molecular formula is C20H22N2O4. The van der Waals surface area contributed by atoms with Gasteiger partial charge in [-0.2, -0.15) is 0 Å². The highest BCUT2D eigenvalue weighted by Crippen LogP contribution is 2.33. The maximum absolute atomic E-state index is 12.7. The molecule has 0 bridgehead atoms. The monoisotopic (exact) mass is 354 g/mol. The van der Waals surface area contributed by atoms with E-state index in [4.69, 9.17) is 14.2 Å². The Hall–Kier alpha value is -2.76. The fourth-order valence-electron chi connectivity index (χ4n) is 3.43. The van der Waals surface area contributed by atoms with E-state index in [0.717, 1.165) is 25.7 Å². The van der Waals surface area contributed by atoms with Crippen molar-refractivity contribution in [1.82, 2.24) is 10.3 Å². The molecule has 1 amide bonds. The summed E-state index contributed by atoms with van der Waals surface area (Å²) in [7, 11) is 0. The van der Waals surface area contributed by atoms with Crippen LogP contribution in [0.3, 0.4) is 0 Å². The molecule has 1 aliphatic heterocycles. The lowest BCUT2D eigenvalue weighted by Gasteiger charge is -2.29. The van der Waals surface area contributed by atoms with Crippen LogP contribution in [0.2, 0.25) is 0 Å². The van der Waals surface area contributed by atoms with Crippen molar-refractivity contribution >= 4 is 5.91 Å². The van der Waals surface area contributed by atoms with Gasteiger partial charge >= 0.3 is 0 Å². The molecule has 136 valence electrons. The van der Waals surface area contributed by atoms with Gasteiger partial charge in [0.25, 0.3) is 5.91 Å². The topological polar surface area (TPSA) is 69.7 Å². The molecule has 2 aliphatic rings. The Kier molecular flexibility index (Phi) is 4.91. The molecule has 0 unspecified atom stereocenters. The molecule has 0 saturated heterocycles. The van der Waals surface area contributed by atoms with Gasteiger partial charge in [0.15, 0.2) is 11.5 Å². The van der Waals surface area contributed by atoms with Crippen molar-refractivity contribution in [3.05, 3.63) is 48.2 Å². The van der Waals surface area contributed by atoms with Gasteiger partial charge in [0, 0.05) is 18.3 Å². The van der Waals surface area contributed by atoms with E-state index in [1.165, 1.54) is 0 Å². The van der Waals surface area contributed by atoms with Gasteiger partial charge < -0.3 is 19.5 Å². The molecule has 2 aromatic rings. The van der Waals surface area contributed by atoms with Crippen molar-refractivity contribution < 1.29 is 19.0 Å². The third-order valence-corrected chi connectivity index (χ3v) is 4.75. The molecule has 26 heavy (non-hydrogen) atoms. The van der Waals surface area contributed by atoms with Crippen molar-refractivity contribution in [2.24, 2.45) is 0 Å². The van der Waals surface area contributed by atoms with Crippen LogP contribution in [0.5, 0.6) is 17.4 Å². The molecule has 1 aromatic carbocycles. The summed E-state index contributed by atoms with van der Waals surface area (Å²) in [6, 6.07) is 11.2. The van der Waals surface area contributed by atoms with Crippen molar-refractivity contribution in [3.63, 3.8) is 0 Å². The van der Waals surface area contributed by atoms with Crippen LogP contribution in [0.25, 0.3) is 0 Å². The van der Waals surface area contributed by atoms with E-state index < -0.39 is 0 Å². The van der Waals surface area contributed by atoms with E-state index in [1.54, 1.807) is 12.3 Å². The third kappa shape index (κ3) is 3.74. The van der Waals surface area contributed by atoms with Gasteiger partial charge in [0.05, 0.1) is 5.56 Å². The Morgan fingerprint density at radius 1 is 1.04 bits per heavy atom. The Bertz CT molecular complexity index is 758. The van der Waals surface area contributed by atoms with Crippen LogP contribution in [0.15, 0.2) is 42.6 Å². The molecule has 6 heteroatoms. The Balaban J connectivity index is 1.33. The molecule has 0 radical (unpaired) electrons. The predicted octanol–water partition coefficient (Wildman–Crippen LogP) is 2.97. The minimum absolute atomic E-state index is 0.110. The maximum atomic E-state index is 12.7. The lowest BCUT2D eigenvalue weighted by atomic mass is 9.92. The van der Waals surface area contributed by atoms with Gasteiger partial charge in [-0.05, 0) is 43.9 Å². The second kappa shape index (κ2) is 7.64. The van der Waals surface area contributed by atoms with Gasteiger partial charge in [0.2, 0.25) is 5.88 Å². The maximum Gasteiger partial charge on any atom is 0.255 e. The number of nitrogens with one attached hydrogen (secondary N) is 1. The van der Waals surface area contributed by atoms with Crippen molar-refractivity contribution in [1.29, 1.82) is 0 Å². The molecule has 1 fully saturated rings. The van der Waals surface area contributed by atoms with Crippen LogP contribution < -0.4 is 19.5 Å². The molecule has 0 spiro atoms. The summed E-state index contributed by atoms with van der Waals surface area (Å²) in [5.74, 6) is 1.73. The molecule has 2 heterocycles. The highest BCUT2D eigenvalue weighted by molar-refractivity contribution is 5.98. The SMILES string of the molecule is O=C(NC1CCC(Oc2ccccn2)CC1)c1cccc2c1OCCO2. The molecule has 1 aliphatic carbocycles. The Morgan fingerprint density at radius 3 is 2.69 bits per heavy atom. The first-order chi connectivity index (χ1) is 12.8. The van der Waals surface area contributed by atoms with Crippen LogP contribution in [-0.2, 0) is 0 Å². The third-order valence-electron chi connectivity index (χ3n) is 4.75. The largest absolute Gasteiger partial charge is 0.486 e. The van der Waals surface area contributed by atoms with Gasteiger partial charge in [-0.3, -0.25) is 4.79 Å². The number of amides is 1. The summed E-state index contributed by atoms with van der Waals surface area (Å²) < 4.78 is 17.1. The van der Waals surface area contributed by atoms with Crippen molar-refractivity contribution in [2.75, 3.05) is 13.2 Å². The fourth-order valence-corrected chi connectivity index (χ4v) is 3.43. The minimum Gasteiger partial charge on any atom is -0.486 e. The quantitative estimate of drug-likeness (QED) is 0.914. The lowest BCUT2D eigenvalue weighted by molar-refractivity contribution is 0.0880. The first-order valence-corrected chi connectivity index (χ1v) is 9.07. The van der Waals surface area contributed by atoms with Crippen molar-refractivity contribution in [3.8, 4) is 17.4 Å². The van der Waals surface area contributed by atoms with Gasteiger partial charge in [-0.1, -0.05) is 12.1 Å². The number of ether oxygens (including phenoxy) is 3. The second-order valence-corrected chi connectivity index (χ2v) is 6.56. The van der Waals surface area contributed by atoms with E-state index in [0.29, 0.717) is 36.2 Å². The van der Waals surface area contributed by atoms with Crippen LogP contribution in [-0.4, -0.2) is 36.3 Å². The van der Waals surface area contributed by atoms with Crippen LogP contribution in [0, 0.1) is 0 Å². The smallest absolute Gasteiger partial charge is 0.255 e. The predicted molar refractivity (Wildman–Crippen MR) is 95.8 cm³/mol. The number of nitrogens with zero attached hydrogens (tertiary/aromatic N) is 1. The normalized spacial score (nSPS) is 21.7. The van der Waals surface area contributed by atoms with Gasteiger partial charge in [0.1, 0.15) is 19.3 Å². The van der Waals surface area contributed by atoms with E-state index in [1.807, 2.05) is 30.3 Å². The fraction of sp³-hybridized carbons (Fsp3) is 0.400. The second-order valence-electron chi connectivity index (χ2n) is 6.56. The summed E-state index contributed by atoms with van der Waals surface area (Å²) in [6.07, 6.45) is 5.44. The minimum atomic E-state index is -0.110. The highest BCUT2D eigenvalue weighted by atomic mass is 16.6. The van der Waals surface area contributed by atoms with E-state index >= 15 is 0 Å². The molecule has 1 N–H and O–H groups in total. The zero-order valence-corrected chi connectivity index (χ0v) is 14.5. The zero-order chi connectivity index (χ0) is 17.8. The van der Waals surface area contributed by atoms with Crippen LogP contribution in [0.1, 0.15) is 36.0 Å². The average Bonchev–Trinajstić information content (AvgIpc) is 2.70. The molecule has 6 nitrogen and oxygen atoms in total. The Morgan fingerprint density at radius 2 is 1.88 bits per heavy atom. The zero-order valence-electron chi connectivity index (χ0n) is 14.5. The van der Waals surface area contributed by atoms with E-state index in [2.05, 4.69) is 10.3 Å². The first kappa shape index (κ1) is 16.7. The van der Waals surface area contributed by atoms with Crippen LogP contribution >= 0.6 is 0 Å². The first-order valence-electron chi connectivity index (χ1n) is 9.07. The number of hydrogen-bond donors (Lipinski definition) is 1. The Labute approximate surface area is 152 Å². The van der Waals surface area contributed by atoms with Gasteiger partial charge in [-0.15, -0.1) is 0 Å². The number of benzene rings is 1. The summed E-state index contributed by atoms with van der Waals surface area (Å²) >= 11 is 0. The summed E-state index contributed by atoms with van der Waals surface area (Å²) in [6.45, 7) is 0.978. The average molecular weight is 354 g/mol. The number of para-hydroxylation sites is 1. The number of carbonyl (C=O) groups excluding carboxylic acids is 1. The molecule has 1 aromatic heterocycles. The summed E-state index contributed by atoms with van der Waals surface area (Å²) in [5, 5.41) is 3.12. The lowest BCUT2D eigenvalue weighted by Crippen LogP contribution is -2.40. The molecule has 4 rings (SSSR count). The number of rotatable bonds is 4. The molecule has 1 saturated carbocycles. The van der Waals surface area contributed by atoms with E-state index in [-0.39, 0.29) is 18.1 Å². The molecule has 0 atom stereocenters. The standard InChI is InChI=1S/C20H22N2O4/c23-20(16-4-3-5-17-19(16)25-13-12-24-17)22-14-7-9-15(10-8-14)26-18-6-1-2-11-21-18/h1-6,11,14-15H,7-10,12-13H2,(H,22,23). The number of carbonyl (C=O) groups is 1. The van der Waals surface area contributed by atoms with Crippen molar-refractivity contribution in [2.45, 2.75) is 37.8 Å². The number of hydrogen-bond acceptors (Lipinski definition) is 5. The summed E-state index contributed by atoms with van der Waals surface area (Å²) in [4.78, 5) is 16.9. The number of pyridine rings is 1. The van der Waals surface area contributed by atoms with E-state index in [9.17, 15) is 4.79 Å².